The van der Waals surface area contributed by atoms with Gasteiger partial charge in [-0.05, 0) is 30.3 Å². The number of nitrogens with zero attached hydrogens (tertiary/aromatic N) is 2. The number of oxime groups is 1. The summed E-state index contributed by atoms with van der Waals surface area (Å²) in [6.45, 7) is 0. The molecule has 0 saturated heterocycles. The first-order chi connectivity index (χ1) is 9.10. The highest BCUT2D eigenvalue weighted by Gasteiger charge is 2.07. The van der Waals surface area contributed by atoms with E-state index in [-0.39, 0.29) is 10.7 Å². The minimum atomic E-state index is -0.509. The highest BCUT2D eigenvalue weighted by atomic mass is 32.2. The maximum absolute atomic E-state index is 13.4. The number of benzene rings is 1. The van der Waals surface area contributed by atoms with Crippen LogP contribution in [-0.2, 0) is 0 Å². The number of amidine groups is 1. The van der Waals surface area contributed by atoms with Gasteiger partial charge in [-0.3, -0.25) is 4.98 Å². The van der Waals surface area contributed by atoms with E-state index in [2.05, 4.69) is 10.1 Å². The van der Waals surface area contributed by atoms with Gasteiger partial charge in [0.2, 0.25) is 0 Å². The molecule has 0 radical (unpaired) electrons. The first-order valence-electron chi connectivity index (χ1n) is 5.17. The molecule has 2 rings (SSSR count). The van der Waals surface area contributed by atoms with Gasteiger partial charge in [-0.15, -0.1) is 0 Å². The lowest BCUT2D eigenvalue weighted by Crippen LogP contribution is -2.14. The van der Waals surface area contributed by atoms with Crippen molar-refractivity contribution in [2.75, 3.05) is 0 Å². The van der Waals surface area contributed by atoms with Crippen molar-refractivity contribution < 1.29 is 14.0 Å². The molecule has 2 aromatic rings. The predicted molar refractivity (Wildman–Crippen MR) is 67.2 cm³/mol. The summed E-state index contributed by atoms with van der Waals surface area (Å²) in [7, 11) is 0. The SMILES string of the molecule is N/C(=N/O)c1ccc(Sc2cc(F)ccc2F)cn1. The monoisotopic (exact) mass is 281 g/mol. The Hall–Kier alpha value is -2.15. The average molecular weight is 281 g/mol. The zero-order chi connectivity index (χ0) is 13.8. The molecule has 0 spiro atoms. The standard InChI is InChI=1S/C12H9F2N3OS/c13-7-1-3-9(14)11(5-7)19-8-2-4-10(16-6-8)12(15)17-18/h1-6,18H,(H2,15,17). The van der Waals surface area contributed by atoms with Crippen LogP contribution in [0.15, 0.2) is 51.5 Å². The first-order valence-corrected chi connectivity index (χ1v) is 5.98. The molecule has 0 aliphatic carbocycles. The topological polar surface area (TPSA) is 71.5 Å². The fourth-order valence-corrected chi connectivity index (χ4v) is 2.16. The number of pyridine rings is 1. The van der Waals surface area contributed by atoms with Crippen LogP contribution in [0.2, 0.25) is 0 Å². The molecule has 19 heavy (non-hydrogen) atoms. The Kier molecular flexibility index (Phi) is 3.96. The predicted octanol–water partition coefficient (Wildman–Crippen LogP) is 2.61. The van der Waals surface area contributed by atoms with Crippen molar-refractivity contribution in [2.45, 2.75) is 9.79 Å². The fourth-order valence-electron chi connectivity index (χ4n) is 1.33. The van der Waals surface area contributed by atoms with Gasteiger partial charge in [0, 0.05) is 11.1 Å². The van der Waals surface area contributed by atoms with E-state index in [0.717, 1.165) is 30.0 Å². The number of hydrogen-bond donors (Lipinski definition) is 2. The zero-order valence-electron chi connectivity index (χ0n) is 9.55. The minimum Gasteiger partial charge on any atom is -0.409 e. The molecule has 0 unspecified atom stereocenters. The molecule has 0 atom stereocenters. The van der Waals surface area contributed by atoms with Crippen molar-refractivity contribution in [3.05, 3.63) is 53.9 Å². The lowest BCUT2D eigenvalue weighted by molar-refractivity contribution is 0.318. The van der Waals surface area contributed by atoms with Gasteiger partial charge < -0.3 is 10.9 Å². The van der Waals surface area contributed by atoms with E-state index >= 15 is 0 Å². The van der Waals surface area contributed by atoms with E-state index in [1.807, 2.05) is 0 Å². The average Bonchev–Trinajstić information content (AvgIpc) is 2.43. The van der Waals surface area contributed by atoms with Crippen LogP contribution in [0.1, 0.15) is 5.69 Å². The Labute approximate surface area is 112 Å². The number of aromatic nitrogens is 1. The Morgan fingerprint density at radius 3 is 2.68 bits per heavy atom. The second kappa shape index (κ2) is 5.66. The molecular formula is C12H9F2N3OS. The summed E-state index contributed by atoms with van der Waals surface area (Å²) in [5.41, 5.74) is 5.66. The van der Waals surface area contributed by atoms with E-state index < -0.39 is 11.6 Å². The number of halogens is 2. The van der Waals surface area contributed by atoms with Crippen LogP contribution in [0.3, 0.4) is 0 Å². The van der Waals surface area contributed by atoms with Crippen LogP contribution < -0.4 is 5.73 Å². The zero-order valence-corrected chi connectivity index (χ0v) is 10.4. The molecule has 1 aromatic carbocycles. The fraction of sp³-hybridized carbons (Fsp3) is 0. The largest absolute Gasteiger partial charge is 0.409 e. The molecule has 0 aliphatic rings. The Morgan fingerprint density at radius 1 is 1.26 bits per heavy atom. The summed E-state index contributed by atoms with van der Waals surface area (Å²) in [6, 6.07) is 6.37. The van der Waals surface area contributed by atoms with Crippen LogP contribution in [0.25, 0.3) is 0 Å². The second-order valence-electron chi connectivity index (χ2n) is 3.54. The normalized spacial score (nSPS) is 11.6. The van der Waals surface area contributed by atoms with Crippen LogP contribution >= 0.6 is 11.8 Å². The van der Waals surface area contributed by atoms with Crippen molar-refractivity contribution >= 4 is 17.6 Å². The Balaban J connectivity index is 2.22. The summed E-state index contributed by atoms with van der Waals surface area (Å²) in [4.78, 5) is 4.72. The minimum absolute atomic E-state index is 0.117. The summed E-state index contributed by atoms with van der Waals surface area (Å²) in [5.74, 6) is -1.13. The molecule has 0 bridgehead atoms. The molecule has 0 fully saturated rings. The van der Waals surface area contributed by atoms with E-state index in [1.54, 1.807) is 6.07 Å². The van der Waals surface area contributed by atoms with Crippen LogP contribution in [0.4, 0.5) is 8.78 Å². The highest BCUT2D eigenvalue weighted by Crippen LogP contribution is 2.29. The van der Waals surface area contributed by atoms with Crippen LogP contribution in [0, 0.1) is 11.6 Å². The van der Waals surface area contributed by atoms with E-state index in [9.17, 15) is 8.78 Å². The van der Waals surface area contributed by atoms with Gasteiger partial charge in [0.05, 0.1) is 4.90 Å². The van der Waals surface area contributed by atoms with E-state index in [0.29, 0.717) is 10.6 Å². The lowest BCUT2D eigenvalue weighted by atomic mass is 10.3. The van der Waals surface area contributed by atoms with Crippen molar-refractivity contribution in [1.82, 2.24) is 4.98 Å². The third-order valence-electron chi connectivity index (χ3n) is 2.23. The third-order valence-corrected chi connectivity index (χ3v) is 3.24. The second-order valence-corrected chi connectivity index (χ2v) is 4.66. The number of hydrogen-bond acceptors (Lipinski definition) is 4. The molecule has 7 heteroatoms. The maximum atomic E-state index is 13.4. The summed E-state index contributed by atoms with van der Waals surface area (Å²) in [6.07, 6.45) is 1.43. The molecular weight excluding hydrogens is 272 g/mol. The van der Waals surface area contributed by atoms with Gasteiger partial charge in [-0.25, -0.2) is 8.78 Å². The van der Waals surface area contributed by atoms with Gasteiger partial charge in [-0.1, -0.05) is 16.9 Å². The van der Waals surface area contributed by atoms with Crippen LogP contribution in [0.5, 0.6) is 0 Å². The molecule has 4 nitrogen and oxygen atoms in total. The Morgan fingerprint density at radius 2 is 2.05 bits per heavy atom. The molecule has 98 valence electrons. The lowest BCUT2D eigenvalue weighted by Gasteiger charge is -2.04. The number of nitrogens with two attached hydrogens (primary N) is 1. The van der Waals surface area contributed by atoms with Gasteiger partial charge in [-0.2, -0.15) is 0 Å². The number of rotatable bonds is 3. The van der Waals surface area contributed by atoms with Crippen molar-refractivity contribution in [3.8, 4) is 0 Å². The molecule has 1 heterocycles. The van der Waals surface area contributed by atoms with Gasteiger partial charge in [0.15, 0.2) is 5.84 Å². The molecule has 0 aliphatic heterocycles. The maximum Gasteiger partial charge on any atom is 0.188 e. The van der Waals surface area contributed by atoms with E-state index in [4.69, 9.17) is 10.9 Å². The molecule has 0 amide bonds. The molecule has 1 aromatic heterocycles. The van der Waals surface area contributed by atoms with Gasteiger partial charge in [0.1, 0.15) is 17.3 Å². The van der Waals surface area contributed by atoms with Crippen LogP contribution in [-0.4, -0.2) is 16.0 Å². The van der Waals surface area contributed by atoms with Crippen molar-refractivity contribution in [1.29, 1.82) is 0 Å². The van der Waals surface area contributed by atoms with E-state index in [1.165, 1.54) is 12.3 Å². The summed E-state index contributed by atoms with van der Waals surface area (Å²) < 4.78 is 26.4. The summed E-state index contributed by atoms with van der Waals surface area (Å²) in [5, 5.41) is 11.3. The van der Waals surface area contributed by atoms with Crippen molar-refractivity contribution in [3.63, 3.8) is 0 Å². The van der Waals surface area contributed by atoms with Crippen molar-refractivity contribution in [2.24, 2.45) is 10.9 Å². The third kappa shape index (κ3) is 3.19. The van der Waals surface area contributed by atoms with Gasteiger partial charge in [0.25, 0.3) is 0 Å². The molecule has 3 N–H and O–H groups in total. The summed E-state index contributed by atoms with van der Waals surface area (Å²) >= 11 is 1.04. The smallest absolute Gasteiger partial charge is 0.188 e. The highest BCUT2D eigenvalue weighted by molar-refractivity contribution is 7.99. The van der Waals surface area contributed by atoms with Gasteiger partial charge >= 0.3 is 0 Å². The molecule has 0 saturated carbocycles. The Bertz CT molecular complexity index is 617. The quantitative estimate of drug-likeness (QED) is 0.392. The first kappa shape index (κ1) is 13.3.